The molecule has 2 aromatic carbocycles. The quantitative estimate of drug-likeness (QED) is 0.318. The standard InChI is InChI=1S/C30H34O7/c1-15(2)7-10-19-24(33)23-25(34)26(35)27(36-29(23)20-11-12-30(5,6)37-28(19)20)18-9-8-17(22(32)14-18)13-21(31)16(3)4/h7-9,14,21,31-33,35H,3,10-13H2,1-2,4-6H3/t21-/m1/s1. The van der Waals surface area contributed by atoms with Crippen LogP contribution in [0, 0.1) is 0 Å². The second-order valence-corrected chi connectivity index (χ2v) is 10.7. The smallest absolute Gasteiger partial charge is 0.238 e. The maximum Gasteiger partial charge on any atom is 0.238 e. The Hall–Kier alpha value is -3.71. The molecule has 4 rings (SSSR count). The molecule has 0 spiro atoms. The van der Waals surface area contributed by atoms with Gasteiger partial charge in [0.15, 0.2) is 5.76 Å². The van der Waals surface area contributed by atoms with Crippen molar-refractivity contribution in [3.05, 3.63) is 68.9 Å². The molecule has 0 aliphatic carbocycles. The van der Waals surface area contributed by atoms with Crippen LogP contribution in [0.3, 0.4) is 0 Å². The average Bonchev–Trinajstić information content (AvgIpc) is 2.81. The summed E-state index contributed by atoms with van der Waals surface area (Å²) < 4.78 is 12.4. The Balaban J connectivity index is 1.94. The lowest BCUT2D eigenvalue weighted by atomic mass is 9.89. The molecule has 7 nitrogen and oxygen atoms in total. The molecule has 0 radical (unpaired) electrons. The van der Waals surface area contributed by atoms with Crippen molar-refractivity contribution >= 4 is 11.0 Å². The van der Waals surface area contributed by atoms with Gasteiger partial charge >= 0.3 is 0 Å². The minimum atomic E-state index is -0.817. The van der Waals surface area contributed by atoms with Crippen LogP contribution in [0.25, 0.3) is 22.3 Å². The summed E-state index contributed by atoms with van der Waals surface area (Å²) in [6.45, 7) is 13.3. The van der Waals surface area contributed by atoms with Gasteiger partial charge < -0.3 is 29.6 Å². The third-order valence-electron chi connectivity index (χ3n) is 6.83. The number of rotatable bonds is 6. The molecular weight excluding hydrogens is 472 g/mol. The van der Waals surface area contributed by atoms with E-state index in [1.54, 1.807) is 19.1 Å². The van der Waals surface area contributed by atoms with Crippen molar-refractivity contribution in [2.24, 2.45) is 0 Å². The number of aliphatic hydroxyl groups excluding tert-OH is 1. The predicted molar refractivity (Wildman–Crippen MR) is 144 cm³/mol. The maximum absolute atomic E-state index is 13.4. The number of fused-ring (bicyclic) bond motifs is 3. The normalized spacial score (nSPS) is 15.1. The van der Waals surface area contributed by atoms with Crippen LogP contribution < -0.4 is 10.2 Å². The highest BCUT2D eigenvalue weighted by Crippen LogP contribution is 2.47. The summed E-state index contributed by atoms with van der Waals surface area (Å²) in [6.07, 6.45) is 2.87. The van der Waals surface area contributed by atoms with Crippen molar-refractivity contribution in [3.63, 3.8) is 0 Å². The third-order valence-corrected chi connectivity index (χ3v) is 6.83. The largest absolute Gasteiger partial charge is 0.508 e. The maximum atomic E-state index is 13.4. The zero-order valence-corrected chi connectivity index (χ0v) is 21.9. The number of ether oxygens (including phenoxy) is 1. The van der Waals surface area contributed by atoms with E-state index < -0.39 is 22.9 Å². The second kappa shape index (κ2) is 9.63. The summed E-state index contributed by atoms with van der Waals surface area (Å²) in [4.78, 5) is 13.4. The average molecular weight is 507 g/mol. The lowest BCUT2D eigenvalue weighted by Crippen LogP contribution is -2.33. The summed E-state index contributed by atoms with van der Waals surface area (Å²) in [5, 5.41) is 42.7. The highest BCUT2D eigenvalue weighted by Gasteiger charge is 2.34. The first-order valence-corrected chi connectivity index (χ1v) is 12.3. The van der Waals surface area contributed by atoms with Crippen LogP contribution in [-0.2, 0) is 19.3 Å². The Bertz CT molecular complexity index is 1490. The first-order chi connectivity index (χ1) is 17.3. The Morgan fingerprint density at radius 2 is 1.86 bits per heavy atom. The zero-order valence-electron chi connectivity index (χ0n) is 21.9. The summed E-state index contributed by atoms with van der Waals surface area (Å²) >= 11 is 0. The Labute approximate surface area is 216 Å². The van der Waals surface area contributed by atoms with Gasteiger partial charge in [-0.25, -0.2) is 0 Å². The van der Waals surface area contributed by atoms with Gasteiger partial charge in [0, 0.05) is 23.1 Å². The highest BCUT2D eigenvalue weighted by atomic mass is 16.5. The molecule has 37 heavy (non-hydrogen) atoms. The first-order valence-electron chi connectivity index (χ1n) is 12.3. The fourth-order valence-electron chi connectivity index (χ4n) is 4.55. The molecule has 7 heteroatoms. The fraction of sp³-hybridized carbons (Fsp3) is 0.367. The lowest BCUT2D eigenvalue weighted by molar-refractivity contribution is 0.0833. The van der Waals surface area contributed by atoms with Crippen LogP contribution in [0.4, 0.5) is 0 Å². The van der Waals surface area contributed by atoms with Gasteiger partial charge in [0.1, 0.15) is 33.8 Å². The first kappa shape index (κ1) is 26.4. The van der Waals surface area contributed by atoms with E-state index in [9.17, 15) is 25.2 Å². The molecule has 2 heterocycles. The number of phenolic OH excluding ortho intramolecular Hbond substituents is 2. The Morgan fingerprint density at radius 3 is 2.49 bits per heavy atom. The van der Waals surface area contributed by atoms with Crippen molar-refractivity contribution in [1.29, 1.82) is 0 Å². The molecule has 0 fully saturated rings. The van der Waals surface area contributed by atoms with Crippen molar-refractivity contribution in [3.8, 4) is 34.3 Å². The van der Waals surface area contributed by atoms with E-state index in [0.717, 1.165) is 5.57 Å². The number of aryl methyl sites for hydroxylation is 1. The minimum Gasteiger partial charge on any atom is -0.508 e. The predicted octanol–water partition coefficient (Wildman–Crippen LogP) is 5.67. The summed E-state index contributed by atoms with van der Waals surface area (Å²) in [7, 11) is 0. The molecule has 4 N–H and O–H groups in total. The molecular formula is C30H34O7. The van der Waals surface area contributed by atoms with Crippen LogP contribution in [-0.4, -0.2) is 32.1 Å². The molecule has 0 amide bonds. The van der Waals surface area contributed by atoms with E-state index in [-0.39, 0.29) is 40.2 Å². The van der Waals surface area contributed by atoms with Crippen molar-refractivity contribution in [2.75, 3.05) is 0 Å². The minimum absolute atomic E-state index is 0.0918. The van der Waals surface area contributed by atoms with Gasteiger partial charge in [-0.2, -0.15) is 0 Å². The van der Waals surface area contributed by atoms with Gasteiger partial charge in [-0.05, 0) is 65.5 Å². The summed E-state index contributed by atoms with van der Waals surface area (Å²) in [5.74, 6) is -0.686. The molecule has 0 saturated heterocycles. The zero-order chi connectivity index (χ0) is 27.2. The van der Waals surface area contributed by atoms with Gasteiger partial charge in [-0.15, -0.1) is 0 Å². The molecule has 1 atom stereocenters. The number of aliphatic hydroxyl groups is 1. The fourth-order valence-corrected chi connectivity index (χ4v) is 4.55. The SMILES string of the molecule is C=C(C)[C@H](O)Cc1ccc(-c2oc3c4c(c(CC=C(C)C)c(O)c3c(=O)c2O)OC(C)(C)CC4)cc1O. The molecule has 1 aromatic heterocycles. The van der Waals surface area contributed by atoms with E-state index in [4.69, 9.17) is 9.15 Å². The number of aromatic hydroxyl groups is 3. The summed E-state index contributed by atoms with van der Waals surface area (Å²) in [6, 6.07) is 4.57. The van der Waals surface area contributed by atoms with Crippen molar-refractivity contribution in [1.82, 2.24) is 0 Å². The van der Waals surface area contributed by atoms with E-state index >= 15 is 0 Å². The van der Waals surface area contributed by atoms with Gasteiger partial charge in [-0.3, -0.25) is 4.79 Å². The van der Waals surface area contributed by atoms with Crippen LogP contribution in [0.5, 0.6) is 23.0 Å². The lowest BCUT2D eigenvalue weighted by Gasteiger charge is -2.34. The topological polar surface area (TPSA) is 120 Å². The van der Waals surface area contributed by atoms with Crippen LogP contribution in [0.1, 0.15) is 57.7 Å². The second-order valence-electron chi connectivity index (χ2n) is 10.7. The van der Waals surface area contributed by atoms with E-state index in [1.165, 1.54) is 6.07 Å². The van der Waals surface area contributed by atoms with E-state index in [2.05, 4.69) is 6.58 Å². The number of hydrogen-bond donors (Lipinski definition) is 4. The van der Waals surface area contributed by atoms with Crippen molar-refractivity contribution < 1.29 is 29.6 Å². The molecule has 196 valence electrons. The molecule has 1 aliphatic heterocycles. The monoisotopic (exact) mass is 506 g/mol. The molecule has 1 aliphatic rings. The van der Waals surface area contributed by atoms with Gasteiger partial charge in [0.05, 0.1) is 6.10 Å². The van der Waals surface area contributed by atoms with Gasteiger partial charge in [0.25, 0.3) is 0 Å². The Kier molecular flexibility index (Phi) is 6.86. The Morgan fingerprint density at radius 1 is 1.16 bits per heavy atom. The molecule has 0 saturated carbocycles. The van der Waals surface area contributed by atoms with E-state index in [1.807, 2.05) is 33.8 Å². The van der Waals surface area contributed by atoms with Crippen LogP contribution >= 0.6 is 0 Å². The molecule has 3 aromatic rings. The number of benzene rings is 2. The van der Waals surface area contributed by atoms with Gasteiger partial charge in [0.2, 0.25) is 11.2 Å². The highest BCUT2D eigenvalue weighted by molar-refractivity contribution is 5.93. The number of hydrogen-bond acceptors (Lipinski definition) is 7. The van der Waals surface area contributed by atoms with Crippen molar-refractivity contribution in [2.45, 2.75) is 72.0 Å². The number of phenols is 2. The summed E-state index contributed by atoms with van der Waals surface area (Å²) in [5.41, 5.74) is 2.44. The molecule has 0 bridgehead atoms. The number of allylic oxidation sites excluding steroid dienone is 2. The molecule has 0 unspecified atom stereocenters. The van der Waals surface area contributed by atoms with E-state index in [0.29, 0.717) is 47.3 Å². The van der Waals surface area contributed by atoms with Crippen LogP contribution in [0.15, 0.2) is 51.2 Å². The van der Waals surface area contributed by atoms with Gasteiger partial charge in [-0.1, -0.05) is 35.9 Å². The third kappa shape index (κ3) is 4.96. The van der Waals surface area contributed by atoms with Crippen LogP contribution in [0.2, 0.25) is 0 Å².